The second kappa shape index (κ2) is 15.4. The summed E-state index contributed by atoms with van der Waals surface area (Å²) in [5, 5.41) is 0. The summed E-state index contributed by atoms with van der Waals surface area (Å²) in [5.74, 6) is 0. The van der Waals surface area contributed by atoms with Crippen molar-refractivity contribution in [3.8, 4) is 44.5 Å². The molecule has 0 radical (unpaired) electrons. The molecule has 0 unspecified atom stereocenters. The minimum atomic E-state index is -0.588. The number of hydrogen-bond donors (Lipinski definition) is 0. The molecule has 0 N–H and O–H groups in total. The minimum absolute atomic E-state index is 0.0557. The fourth-order valence-corrected chi connectivity index (χ4v) is 12.6. The first-order valence-corrected chi connectivity index (χ1v) is 25.3. The van der Waals surface area contributed by atoms with Gasteiger partial charge in [0.25, 0.3) is 0 Å². The van der Waals surface area contributed by atoms with E-state index in [4.69, 9.17) is 0 Å². The predicted molar refractivity (Wildman–Crippen MR) is 296 cm³/mol. The van der Waals surface area contributed by atoms with Gasteiger partial charge in [0.2, 0.25) is 0 Å². The second-order valence-corrected chi connectivity index (χ2v) is 23.4. The number of benzene rings is 9. The zero-order valence-electron chi connectivity index (χ0n) is 42.5. The van der Waals surface area contributed by atoms with Crippen molar-refractivity contribution in [3.05, 3.63) is 256 Å². The second-order valence-electron chi connectivity index (χ2n) is 23.4. The molecule has 9 aromatic carbocycles. The number of nitrogens with zero attached hydrogens (tertiary/aromatic N) is 1. The highest BCUT2D eigenvalue weighted by molar-refractivity contribution is 5.99. The number of anilines is 3. The summed E-state index contributed by atoms with van der Waals surface area (Å²) < 4.78 is 0. The first-order valence-electron chi connectivity index (χ1n) is 25.3. The van der Waals surface area contributed by atoms with Crippen molar-refractivity contribution in [2.24, 2.45) is 0 Å². The maximum absolute atomic E-state index is 2.63. The van der Waals surface area contributed by atoms with Crippen LogP contribution in [0.1, 0.15) is 125 Å². The Hall–Kier alpha value is -7.22. The molecular weight excluding hydrogens is 843 g/mol. The molecule has 0 aromatic heterocycles. The number of rotatable bonds is 6. The van der Waals surface area contributed by atoms with E-state index in [0.29, 0.717) is 0 Å². The van der Waals surface area contributed by atoms with Crippen molar-refractivity contribution in [2.45, 2.75) is 96.3 Å². The van der Waals surface area contributed by atoms with Crippen LogP contribution in [0.3, 0.4) is 0 Å². The third-order valence-corrected chi connectivity index (χ3v) is 16.5. The topological polar surface area (TPSA) is 3.24 Å². The Morgan fingerprint density at radius 3 is 1.36 bits per heavy atom. The van der Waals surface area contributed by atoms with E-state index in [9.17, 15) is 0 Å². The van der Waals surface area contributed by atoms with Gasteiger partial charge >= 0.3 is 0 Å². The Morgan fingerprint density at radius 1 is 0.329 bits per heavy atom. The molecule has 0 heterocycles. The van der Waals surface area contributed by atoms with Crippen LogP contribution in [0, 0.1) is 0 Å². The summed E-state index contributed by atoms with van der Waals surface area (Å²) >= 11 is 0. The van der Waals surface area contributed by atoms with E-state index in [1.54, 1.807) is 0 Å². The Labute approximate surface area is 416 Å². The van der Waals surface area contributed by atoms with Crippen LogP contribution in [-0.4, -0.2) is 0 Å². The van der Waals surface area contributed by atoms with Crippen LogP contribution < -0.4 is 4.90 Å². The Kier molecular flexibility index (Phi) is 9.68. The van der Waals surface area contributed by atoms with Crippen LogP contribution in [0.5, 0.6) is 0 Å². The van der Waals surface area contributed by atoms with Gasteiger partial charge < -0.3 is 4.90 Å². The molecule has 3 aliphatic rings. The molecule has 12 rings (SSSR count). The zero-order valence-corrected chi connectivity index (χ0v) is 42.5. The summed E-state index contributed by atoms with van der Waals surface area (Å²) in [7, 11) is 0. The highest BCUT2D eigenvalue weighted by Crippen LogP contribution is 2.62. The van der Waals surface area contributed by atoms with Crippen molar-refractivity contribution in [1.82, 2.24) is 0 Å². The Balaban J connectivity index is 1.18. The van der Waals surface area contributed by atoms with E-state index in [2.05, 4.69) is 274 Å². The maximum Gasteiger partial charge on any atom is 0.0714 e. The molecule has 0 amide bonds. The summed E-state index contributed by atoms with van der Waals surface area (Å²) in [6.07, 6.45) is 0. The van der Waals surface area contributed by atoms with Crippen LogP contribution in [0.4, 0.5) is 17.1 Å². The fourth-order valence-electron chi connectivity index (χ4n) is 12.6. The highest BCUT2D eigenvalue weighted by Gasteiger charge is 2.49. The van der Waals surface area contributed by atoms with Crippen molar-refractivity contribution in [3.63, 3.8) is 0 Å². The monoisotopic (exact) mass is 905 g/mol. The van der Waals surface area contributed by atoms with Gasteiger partial charge in [0.1, 0.15) is 0 Å². The third kappa shape index (κ3) is 6.43. The van der Waals surface area contributed by atoms with Crippen molar-refractivity contribution in [1.29, 1.82) is 0 Å². The average Bonchev–Trinajstić information content (AvgIpc) is 3.88. The fraction of sp³-hybridized carbons (Fsp3) is 0.217. The van der Waals surface area contributed by atoms with Gasteiger partial charge in [0.05, 0.1) is 11.1 Å². The van der Waals surface area contributed by atoms with Crippen LogP contribution in [-0.2, 0) is 27.1 Å². The molecule has 3 aliphatic carbocycles. The third-order valence-electron chi connectivity index (χ3n) is 16.5. The largest absolute Gasteiger partial charge is 0.310 e. The molecule has 0 fully saturated rings. The van der Waals surface area contributed by atoms with Crippen LogP contribution in [0.25, 0.3) is 44.5 Å². The van der Waals surface area contributed by atoms with Gasteiger partial charge in [-0.1, -0.05) is 233 Å². The molecule has 0 spiro atoms. The molecule has 0 aliphatic heterocycles. The lowest BCUT2D eigenvalue weighted by molar-refractivity contribution is 0.586. The minimum Gasteiger partial charge on any atom is -0.310 e. The predicted octanol–water partition coefficient (Wildman–Crippen LogP) is 18.4. The molecule has 0 saturated carbocycles. The lowest BCUT2D eigenvalue weighted by atomic mass is 9.66. The van der Waals surface area contributed by atoms with E-state index in [1.165, 1.54) is 106 Å². The average molecular weight is 906 g/mol. The van der Waals surface area contributed by atoms with Crippen molar-refractivity contribution in [2.75, 3.05) is 4.90 Å². The van der Waals surface area contributed by atoms with E-state index < -0.39 is 5.41 Å². The molecule has 0 bridgehead atoms. The lowest BCUT2D eigenvalue weighted by Crippen LogP contribution is -2.30. The lowest BCUT2D eigenvalue weighted by Gasteiger charge is -2.36. The molecule has 1 heteroatoms. The normalized spacial score (nSPS) is 15.3. The summed E-state index contributed by atoms with van der Waals surface area (Å²) in [5.41, 5.74) is 26.0. The van der Waals surface area contributed by atoms with E-state index in [-0.39, 0.29) is 21.7 Å². The molecule has 0 saturated heterocycles. The van der Waals surface area contributed by atoms with Gasteiger partial charge in [0.15, 0.2) is 0 Å². The molecular formula is C69H63N. The Morgan fingerprint density at radius 2 is 0.786 bits per heavy atom. The number of fused-ring (bicyclic) bond motifs is 9. The van der Waals surface area contributed by atoms with Crippen LogP contribution in [0.2, 0.25) is 0 Å². The SMILES string of the molecule is CC(C)(C)c1ccc2c(c1)C(c1ccccc1)(c1ccccc1)c1cc(C(C)(C)C)cc(N(c3ccc4c(c3)C(C)(C)c3ccccc3-4)c3ccc4c(c3)C(C)(C)c3cc(-c5ccccc5)ccc3-4)c1-2. The molecule has 1 nitrogen and oxygen atoms in total. The molecule has 70 heavy (non-hydrogen) atoms. The highest BCUT2D eigenvalue weighted by atomic mass is 15.1. The van der Waals surface area contributed by atoms with Gasteiger partial charge in [0, 0.05) is 27.8 Å². The van der Waals surface area contributed by atoms with E-state index in [1.807, 2.05) is 0 Å². The zero-order chi connectivity index (χ0) is 48.5. The molecule has 9 aromatic rings. The summed E-state index contributed by atoms with van der Waals surface area (Å²) in [6, 6.07) is 76.8. The molecule has 344 valence electrons. The molecule has 0 atom stereocenters. The maximum atomic E-state index is 2.63. The van der Waals surface area contributed by atoms with E-state index in [0.717, 1.165) is 11.4 Å². The smallest absolute Gasteiger partial charge is 0.0714 e. The van der Waals surface area contributed by atoms with Crippen molar-refractivity contribution >= 4 is 17.1 Å². The van der Waals surface area contributed by atoms with Gasteiger partial charge in [-0.25, -0.2) is 0 Å². The van der Waals surface area contributed by atoms with Crippen LogP contribution in [0.15, 0.2) is 200 Å². The first-order chi connectivity index (χ1) is 33.5. The van der Waals surface area contributed by atoms with Gasteiger partial charge in [-0.05, 0) is 142 Å². The van der Waals surface area contributed by atoms with E-state index >= 15 is 0 Å². The van der Waals surface area contributed by atoms with Gasteiger partial charge in [-0.15, -0.1) is 0 Å². The first kappa shape index (κ1) is 44.0. The van der Waals surface area contributed by atoms with Crippen molar-refractivity contribution < 1.29 is 0 Å². The van der Waals surface area contributed by atoms with Gasteiger partial charge in [-0.3, -0.25) is 0 Å². The standard InChI is InChI=1S/C69H63N/c1-65(2,3)48-31-35-56-61(39-48)69(46-24-16-12-17-25-46,47-26-18-13-19-27-47)62-40-49(66(4,5)6)41-63(64(56)62)70(50-32-36-54-52-28-20-21-29-57(52)67(7,8)59(54)42-50)51-33-37-55-53-34-30-45(44-22-14-11-15-23-44)38-58(53)68(9,10)60(55)43-51/h11-43H,1-10H3. The van der Waals surface area contributed by atoms with Gasteiger partial charge in [-0.2, -0.15) is 0 Å². The summed E-state index contributed by atoms with van der Waals surface area (Å²) in [6.45, 7) is 23.8. The Bertz CT molecular complexity index is 3500. The van der Waals surface area contributed by atoms with Crippen LogP contribution >= 0.6 is 0 Å². The summed E-state index contributed by atoms with van der Waals surface area (Å²) in [4.78, 5) is 2.63. The quantitative estimate of drug-likeness (QED) is 0.161. The number of hydrogen-bond acceptors (Lipinski definition) is 1.